The van der Waals surface area contributed by atoms with Gasteiger partial charge in [-0.25, -0.2) is 0 Å². The van der Waals surface area contributed by atoms with Crippen LogP contribution in [0, 0.1) is 17.0 Å². The van der Waals surface area contributed by atoms with Gasteiger partial charge in [0.25, 0.3) is 11.6 Å². The number of nitro benzene ring substituents is 1. The standard InChI is InChI=1S/C19H22N2O4/c1-12(2)17-9-8-13(3)10-18(17)25-14(4)19(22)20-15-6-5-7-16(11-15)21(23)24/h5-12,14H,1-4H3,(H,20,22)/t14-/m0/s1. The number of nitrogens with one attached hydrogen (secondary N) is 1. The van der Waals surface area contributed by atoms with Crippen molar-refractivity contribution >= 4 is 17.3 Å². The zero-order chi connectivity index (χ0) is 18.6. The van der Waals surface area contributed by atoms with E-state index < -0.39 is 11.0 Å². The number of nitrogens with zero attached hydrogens (tertiary/aromatic N) is 1. The van der Waals surface area contributed by atoms with Crippen molar-refractivity contribution in [2.45, 2.75) is 39.7 Å². The number of carbonyl (C=O) groups excluding carboxylic acids is 1. The van der Waals surface area contributed by atoms with Crippen molar-refractivity contribution < 1.29 is 14.5 Å². The van der Waals surface area contributed by atoms with Crippen LogP contribution in [-0.2, 0) is 4.79 Å². The smallest absolute Gasteiger partial charge is 0.271 e. The van der Waals surface area contributed by atoms with Crippen molar-refractivity contribution in [2.24, 2.45) is 0 Å². The van der Waals surface area contributed by atoms with Gasteiger partial charge in [0.1, 0.15) is 5.75 Å². The first kappa shape index (κ1) is 18.4. The second-order valence-corrected chi connectivity index (χ2v) is 6.25. The number of carbonyl (C=O) groups is 1. The first-order valence-electron chi connectivity index (χ1n) is 8.10. The molecule has 132 valence electrons. The van der Waals surface area contributed by atoms with E-state index in [1.807, 2.05) is 25.1 Å². The zero-order valence-corrected chi connectivity index (χ0v) is 14.8. The maximum Gasteiger partial charge on any atom is 0.271 e. The van der Waals surface area contributed by atoms with Crippen LogP contribution in [0.25, 0.3) is 0 Å². The summed E-state index contributed by atoms with van der Waals surface area (Å²) in [6.07, 6.45) is -0.737. The van der Waals surface area contributed by atoms with Crippen molar-refractivity contribution in [1.82, 2.24) is 0 Å². The summed E-state index contributed by atoms with van der Waals surface area (Å²) in [5.41, 5.74) is 2.36. The summed E-state index contributed by atoms with van der Waals surface area (Å²) in [7, 11) is 0. The number of anilines is 1. The lowest BCUT2D eigenvalue weighted by atomic mass is 10.0. The predicted octanol–water partition coefficient (Wildman–Crippen LogP) is 4.43. The molecule has 2 aromatic rings. The van der Waals surface area contributed by atoms with Crippen LogP contribution in [0.2, 0.25) is 0 Å². The van der Waals surface area contributed by atoms with Gasteiger partial charge in [0.2, 0.25) is 0 Å². The van der Waals surface area contributed by atoms with Crippen LogP contribution in [0.5, 0.6) is 5.75 Å². The lowest BCUT2D eigenvalue weighted by molar-refractivity contribution is -0.384. The average molecular weight is 342 g/mol. The number of benzene rings is 2. The van der Waals surface area contributed by atoms with E-state index in [0.717, 1.165) is 11.1 Å². The molecular weight excluding hydrogens is 320 g/mol. The lowest BCUT2D eigenvalue weighted by Gasteiger charge is -2.19. The Morgan fingerprint density at radius 1 is 1.16 bits per heavy atom. The fourth-order valence-electron chi connectivity index (χ4n) is 2.41. The van der Waals surface area contributed by atoms with Gasteiger partial charge >= 0.3 is 0 Å². The fraction of sp³-hybridized carbons (Fsp3) is 0.316. The van der Waals surface area contributed by atoms with Gasteiger partial charge in [0.15, 0.2) is 6.10 Å². The quantitative estimate of drug-likeness (QED) is 0.622. The van der Waals surface area contributed by atoms with E-state index in [9.17, 15) is 14.9 Å². The Hall–Kier alpha value is -2.89. The fourth-order valence-corrected chi connectivity index (χ4v) is 2.41. The summed E-state index contributed by atoms with van der Waals surface area (Å²) in [5, 5.41) is 13.5. The molecule has 1 N–H and O–H groups in total. The number of nitro groups is 1. The van der Waals surface area contributed by atoms with Gasteiger partial charge in [0, 0.05) is 17.8 Å². The highest BCUT2D eigenvalue weighted by Crippen LogP contribution is 2.28. The monoisotopic (exact) mass is 342 g/mol. The summed E-state index contributed by atoms with van der Waals surface area (Å²) in [6, 6.07) is 11.7. The maximum atomic E-state index is 12.4. The molecule has 0 aliphatic carbocycles. The van der Waals surface area contributed by atoms with Crippen molar-refractivity contribution in [2.75, 3.05) is 5.32 Å². The zero-order valence-electron chi connectivity index (χ0n) is 14.8. The third-order valence-electron chi connectivity index (χ3n) is 3.79. The van der Waals surface area contributed by atoms with Crippen LogP contribution in [0.15, 0.2) is 42.5 Å². The Balaban J connectivity index is 2.12. The molecule has 0 radical (unpaired) electrons. The molecule has 25 heavy (non-hydrogen) atoms. The normalized spacial score (nSPS) is 11.9. The molecule has 6 nitrogen and oxygen atoms in total. The Labute approximate surface area is 147 Å². The average Bonchev–Trinajstić information content (AvgIpc) is 2.54. The molecule has 0 unspecified atom stereocenters. The Morgan fingerprint density at radius 3 is 2.52 bits per heavy atom. The van der Waals surface area contributed by atoms with Crippen LogP contribution in [0.3, 0.4) is 0 Å². The number of hydrogen-bond donors (Lipinski definition) is 1. The second-order valence-electron chi connectivity index (χ2n) is 6.25. The Morgan fingerprint density at radius 2 is 1.88 bits per heavy atom. The molecular formula is C19H22N2O4. The first-order valence-corrected chi connectivity index (χ1v) is 8.10. The summed E-state index contributed by atoms with van der Waals surface area (Å²) in [5.74, 6) is 0.580. The number of aryl methyl sites for hydroxylation is 1. The highest BCUT2D eigenvalue weighted by Gasteiger charge is 2.18. The summed E-state index contributed by atoms with van der Waals surface area (Å²) < 4.78 is 5.85. The summed E-state index contributed by atoms with van der Waals surface area (Å²) in [6.45, 7) is 7.74. The molecule has 0 spiro atoms. The van der Waals surface area contributed by atoms with Crippen LogP contribution in [0.4, 0.5) is 11.4 Å². The minimum atomic E-state index is -0.737. The van der Waals surface area contributed by atoms with E-state index in [-0.39, 0.29) is 17.5 Å². The number of amides is 1. The van der Waals surface area contributed by atoms with E-state index in [2.05, 4.69) is 19.2 Å². The van der Waals surface area contributed by atoms with Gasteiger partial charge in [-0.15, -0.1) is 0 Å². The van der Waals surface area contributed by atoms with Crippen molar-refractivity contribution in [3.63, 3.8) is 0 Å². The van der Waals surface area contributed by atoms with Gasteiger partial charge < -0.3 is 10.1 Å². The SMILES string of the molecule is Cc1ccc(C(C)C)c(O[C@@H](C)C(=O)Nc2cccc([N+](=O)[O-])c2)c1. The molecule has 0 heterocycles. The molecule has 0 bridgehead atoms. The molecule has 2 aromatic carbocycles. The molecule has 0 saturated heterocycles. The minimum absolute atomic E-state index is 0.0767. The summed E-state index contributed by atoms with van der Waals surface area (Å²) in [4.78, 5) is 22.7. The highest BCUT2D eigenvalue weighted by atomic mass is 16.6. The van der Waals surface area contributed by atoms with E-state index in [1.54, 1.807) is 13.0 Å². The number of hydrogen-bond acceptors (Lipinski definition) is 4. The lowest BCUT2D eigenvalue weighted by Crippen LogP contribution is -2.30. The van der Waals surface area contributed by atoms with Gasteiger partial charge in [-0.05, 0) is 43.0 Å². The predicted molar refractivity (Wildman–Crippen MR) is 97.1 cm³/mol. The molecule has 0 aromatic heterocycles. The minimum Gasteiger partial charge on any atom is -0.481 e. The molecule has 1 amide bonds. The molecule has 0 aliphatic rings. The molecule has 0 fully saturated rings. The van der Waals surface area contributed by atoms with Gasteiger partial charge in [-0.3, -0.25) is 14.9 Å². The highest BCUT2D eigenvalue weighted by molar-refractivity contribution is 5.94. The molecule has 0 saturated carbocycles. The van der Waals surface area contributed by atoms with Crippen LogP contribution in [-0.4, -0.2) is 16.9 Å². The first-order chi connectivity index (χ1) is 11.8. The van der Waals surface area contributed by atoms with Crippen LogP contribution >= 0.6 is 0 Å². The molecule has 1 atom stereocenters. The molecule has 6 heteroatoms. The second kappa shape index (κ2) is 7.79. The maximum absolute atomic E-state index is 12.4. The summed E-state index contributed by atoms with van der Waals surface area (Å²) >= 11 is 0. The van der Waals surface area contributed by atoms with E-state index in [1.165, 1.54) is 18.2 Å². The van der Waals surface area contributed by atoms with Gasteiger partial charge in [-0.2, -0.15) is 0 Å². The Bertz CT molecular complexity index is 787. The van der Waals surface area contributed by atoms with E-state index in [4.69, 9.17) is 4.74 Å². The Kier molecular flexibility index (Phi) is 5.75. The topological polar surface area (TPSA) is 81.5 Å². The third-order valence-corrected chi connectivity index (χ3v) is 3.79. The molecule has 2 rings (SSSR count). The van der Waals surface area contributed by atoms with Crippen LogP contribution < -0.4 is 10.1 Å². The largest absolute Gasteiger partial charge is 0.481 e. The number of ether oxygens (including phenoxy) is 1. The van der Waals surface area contributed by atoms with E-state index >= 15 is 0 Å². The number of rotatable bonds is 6. The molecule has 0 aliphatic heterocycles. The van der Waals surface area contributed by atoms with Gasteiger partial charge in [-0.1, -0.05) is 32.0 Å². The number of non-ortho nitro benzene ring substituents is 1. The third kappa shape index (κ3) is 4.79. The van der Waals surface area contributed by atoms with Crippen LogP contribution in [0.1, 0.15) is 37.8 Å². The van der Waals surface area contributed by atoms with Gasteiger partial charge in [0.05, 0.1) is 4.92 Å². The van der Waals surface area contributed by atoms with Crippen molar-refractivity contribution in [3.05, 3.63) is 63.7 Å². The van der Waals surface area contributed by atoms with E-state index in [0.29, 0.717) is 11.4 Å². The van der Waals surface area contributed by atoms with Crippen molar-refractivity contribution in [3.8, 4) is 5.75 Å². The van der Waals surface area contributed by atoms with Crippen molar-refractivity contribution in [1.29, 1.82) is 0 Å².